The number of para-hydroxylation sites is 2. The molecule has 0 spiro atoms. The van der Waals surface area contributed by atoms with Crippen molar-refractivity contribution in [1.82, 2.24) is 0 Å². The fraction of sp³-hybridized carbons (Fsp3) is 0.259. The molecular formula is C27H28FN3O3. The molecule has 1 aliphatic rings. The van der Waals surface area contributed by atoms with Crippen molar-refractivity contribution in [2.24, 2.45) is 0 Å². The molecule has 4 rings (SSSR count). The van der Waals surface area contributed by atoms with Gasteiger partial charge in [-0.1, -0.05) is 43.5 Å². The molecule has 0 aromatic heterocycles. The summed E-state index contributed by atoms with van der Waals surface area (Å²) in [5.74, 6) is -1.14. The predicted octanol–water partition coefficient (Wildman–Crippen LogP) is 5.84. The number of carbonyl (C=O) groups is 2. The maximum absolute atomic E-state index is 13.7. The van der Waals surface area contributed by atoms with E-state index in [1.807, 2.05) is 24.3 Å². The lowest BCUT2D eigenvalue weighted by molar-refractivity contribution is -0.118. The van der Waals surface area contributed by atoms with Crippen LogP contribution in [0.3, 0.4) is 0 Å². The van der Waals surface area contributed by atoms with Gasteiger partial charge in [0.05, 0.1) is 11.3 Å². The van der Waals surface area contributed by atoms with E-state index >= 15 is 0 Å². The van der Waals surface area contributed by atoms with Gasteiger partial charge in [0.25, 0.3) is 11.8 Å². The number of benzene rings is 3. The quantitative estimate of drug-likeness (QED) is 0.394. The first kappa shape index (κ1) is 23.3. The summed E-state index contributed by atoms with van der Waals surface area (Å²) in [7, 11) is 0. The van der Waals surface area contributed by atoms with E-state index in [-0.39, 0.29) is 24.0 Å². The fourth-order valence-corrected chi connectivity index (χ4v) is 4.00. The van der Waals surface area contributed by atoms with Gasteiger partial charge in [0.15, 0.2) is 6.61 Å². The number of hydrogen-bond acceptors (Lipinski definition) is 4. The Balaban J connectivity index is 1.33. The monoisotopic (exact) mass is 461 g/mol. The number of nitrogens with one attached hydrogen (secondary N) is 3. The van der Waals surface area contributed by atoms with E-state index in [1.54, 1.807) is 30.3 Å². The maximum atomic E-state index is 13.7. The summed E-state index contributed by atoms with van der Waals surface area (Å²) in [6.45, 7) is -0.361. The first-order valence-electron chi connectivity index (χ1n) is 11.5. The zero-order valence-corrected chi connectivity index (χ0v) is 18.9. The lowest BCUT2D eigenvalue weighted by Crippen LogP contribution is -2.22. The molecule has 1 fully saturated rings. The van der Waals surface area contributed by atoms with E-state index in [9.17, 15) is 14.0 Å². The Hall–Kier alpha value is -3.87. The number of hydrogen-bond donors (Lipinski definition) is 3. The van der Waals surface area contributed by atoms with E-state index in [2.05, 4.69) is 16.0 Å². The molecule has 3 aromatic rings. The van der Waals surface area contributed by atoms with Gasteiger partial charge < -0.3 is 20.7 Å². The first-order chi connectivity index (χ1) is 16.6. The second kappa shape index (κ2) is 11.3. The molecule has 0 heterocycles. The van der Waals surface area contributed by atoms with Crippen molar-refractivity contribution in [2.45, 2.75) is 38.1 Å². The highest BCUT2D eigenvalue weighted by atomic mass is 19.1. The minimum Gasteiger partial charge on any atom is -0.483 e. The van der Waals surface area contributed by atoms with Gasteiger partial charge in [-0.25, -0.2) is 4.39 Å². The lowest BCUT2D eigenvalue weighted by Gasteiger charge is -2.23. The van der Waals surface area contributed by atoms with Crippen molar-refractivity contribution in [3.05, 3.63) is 84.2 Å². The van der Waals surface area contributed by atoms with E-state index < -0.39 is 11.7 Å². The largest absolute Gasteiger partial charge is 0.483 e. The van der Waals surface area contributed by atoms with Crippen LogP contribution in [-0.2, 0) is 4.79 Å². The van der Waals surface area contributed by atoms with E-state index in [4.69, 9.17) is 4.74 Å². The molecule has 0 aliphatic heterocycles. The highest BCUT2D eigenvalue weighted by Gasteiger charge is 2.15. The molecule has 176 valence electrons. The molecule has 34 heavy (non-hydrogen) atoms. The average molecular weight is 462 g/mol. The maximum Gasteiger partial charge on any atom is 0.262 e. The molecule has 0 atom stereocenters. The van der Waals surface area contributed by atoms with Crippen molar-refractivity contribution < 1.29 is 18.7 Å². The van der Waals surface area contributed by atoms with Gasteiger partial charge in [-0.2, -0.15) is 0 Å². The minimum atomic E-state index is -0.532. The van der Waals surface area contributed by atoms with Crippen molar-refractivity contribution in [1.29, 1.82) is 0 Å². The molecule has 6 nitrogen and oxygen atoms in total. The van der Waals surface area contributed by atoms with Crippen molar-refractivity contribution in [2.75, 3.05) is 22.6 Å². The Morgan fingerprint density at radius 1 is 0.824 bits per heavy atom. The van der Waals surface area contributed by atoms with Crippen LogP contribution in [-0.4, -0.2) is 24.5 Å². The topological polar surface area (TPSA) is 79.5 Å². The highest BCUT2D eigenvalue weighted by Crippen LogP contribution is 2.24. The Morgan fingerprint density at radius 2 is 1.50 bits per heavy atom. The zero-order valence-electron chi connectivity index (χ0n) is 18.9. The Bertz CT molecular complexity index is 1130. The number of anilines is 3. The smallest absolute Gasteiger partial charge is 0.262 e. The summed E-state index contributed by atoms with van der Waals surface area (Å²) in [5, 5.41) is 8.88. The summed E-state index contributed by atoms with van der Waals surface area (Å²) in [4.78, 5) is 25.0. The molecule has 0 radical (unpaired) electrons. The third-order valence-electron chi connectivity index (χ3n) is 5.76. The van der Waals surface area contributed by atoms with E-state index in [1.165, 1.54) is 50.3 Å². The van der Waals surface area contributed by atoms with Crippen molar-refractivity contribution >= 4 is 28.9 Å². The number of amides is 2. The molecule has 2 amide bonds. The molecular weight excluding hydrogens is 433 g/mol. The van der Waals surface area contributed by atoms with Crippen LogP contribution in [0.5, 0.6) is 5.75 Å². The van der Waals surface area contributed by atoms with Crippen molar-refractivity contribution in [3.63, 3.8) is 0 Å². The van der Waals surface area contributed by atoms with Crippen LogP contribution < -0.4 is 20.7 Å². The van der Waals surface area contributed by atoms with E-state index in [0.29, 0.717) is 17.3 Å². The molecule has 3 N–H and O–H groups in total. The van der Waals surface area contributed by atoms with Gasteiger partial charge in [-0.3, -0.25) is 9.59 Å². The van der Waals surface area contributed by atoms with Crippen LogP contribution in [0, 0.1) is 5.82 Å². The molecule has 0 saturated heterocycles. The van der Waals surface area contributed by atoms with Crippen LogP contribution in [0.1, 0.15) is 42.5 Å². The van der Waals surface area contributed by atoms with Gasteiger partial charge in [0.2, 0.25) is 0 Å². The van der Waals surface area contributed by atoms with Crippen LogP contribution >= 0.6 is 0 Å². The Morgan fingerprint density at radius 3 is 2.26 bits per heavy atom. The summed E-state index contributed by atoms with van der Waals surface area (Å²) in [6.07, 6.45) is 6.21. The van der Waals surface area contributed by atoms with Crippen LogP contribution in [0.25, 0.3) is 0 Å². The van der Waals surface area contributed by atoms with Gasteiger partial charge in [-0.05, 0) is 61.4 Å². The molecule has 7 heteroatoms. The first-order valence-corrected chi connectivity index (χ1v) is 11.5. The Labute approximate surface area is 198 Å². The third kappa shape index (κ3) is 6.34. The van der Waals surface area contributed by atoms with Crippen LogP contribution in [0.15, 0.2) is 72.8 Å². The fourth-order valence-electron chi connectivity index (χ4n) is 4.00. The molecule has 0 bridgehead atoms. The predicted molar refractivity (Wildman–Crippen MR) is 132 cm³/mol. The summed E-state index contributed by atoms with van der Waals surface area (Å²) in [6, 6.07) is 20.7. The van der Waals surface area contributed by atoms with Gasteiger partial charge in [0, 0.05) is 17.4 Å². The summed E-state index contributed by atoms with van der Waals surface area (Å²) in [5.41, 5.74) is 2.06. The molecule has 1 saturated carbocycles. The SMILES string of the molecule is O=C(COc1ccccc1C(=O)Nc1ccc(NC2CCCCC2)cc1)Nc1ccccc1F. The molecule has 3 aromatic carbocycles. The number of rotatable bonds is 8. The van der Waals surface area contributed by atoms with Crippen LogP contribution in [0.4, 0.5) is 21.5 Å². The second-order valence-corrected chi connectivity index (χ2v) is 8.32. The third-order valence-corrected chi connectivity index (χ3v) is 5.76. The summed E-state index contributed by atoms with van der Waals surface area (Å²) < 4.78 is 19.3. The van der Waals surface area contributed by atoms with Gasteiger partial charge >= 0.3 is 0 Å². The number of halogens is 1. The van der Waals surface area contributed by atoms with Gasteiger partial charge in [-0.15, -0.1) is 0 Å². The molecule has 0 unspecified atom stereocenters. The number of ether oxygens (including phenoxy) is 1. The van der Waals surface area contributed by atoms with E-state index in [0.717, 1.165) is 5.69 Å². The minimum absolute atomic E-state index is 0.0727. The zero-order chi connectivity index (χ0) is 23.8. The lowest BCUT2D eigenvalue weighted by atomic mass is 9.95. The van der Waals surface area contributed by atoms with Gasteiger partial charge in [0.1, 0.15) is 11.6 Å². The van der Waals surface area contributed by atoms with Crippen LogP contribution in [0.2, 0.25) is 0 Å². The second-order valence-electron chi connectivity index (χ2n) is 8.32. The standard InChI is InChI=1S/C27H28FN3O3/c28-23-11-5-6-12-24(23)31-26(32)18-34-25-13-7-4-10-22(25)27(33)30-21-16-14-20(15-17-21)29-19-8-2-1-3-9-19/h4-7,10-17,19,29H,1-3,8-9,18H2,(H,30,33)(H,31,32). The molecule has 1 aliphatic carbocycles. The normalized spacial score (nSPS) is 13.7. The highest BCUT2D eigenvalue weighted by molar-refractivity contribution is 6.06. The average Bonchev–Trinajstić information content (AvgIpc) is 2.86. The summed E-state index contributed by atoms with van der Waals surface area (Å²) >= 11 is 0. The Kier molecular flexibility index (Phi) is 7.75. The number of carbonyl (C=O) groups excluding carboxylic acids is 2. The van der Waals surface area contributed by atoms with Crippen molar-refractivity contribution in [3.8, 4) is 5.75 Å².